The molecule has 0 saturated carbocycles. The van der Waals surface area contributed by atoms with Crippen molar-refractivity contribution in [1.82, 2.24) is 9.55 Å². The van der Waals surface area contributed by atoms with Crippen molar-refractivity contribution in [1.29, 1.82) is 0 Å². The number of carbonyl (C=O) groups is 1. The SMILES string of the molecule is CC(C)Cc1cc(C(=O)Nc2ncc(Cl)s2)n(Cc2c(F)cccc2F)c1. The highest BCUT2D eigenvalue weighted by atomic mass is 35.5. The molecular formula is C19H18ClF2N3OS. The van der Waals surface area contributed by atoms with Gasteiger partial charge in [-0.15, -0.1) is 0 Å². The van der Waals surface area contributed by atoms with Gasteiger partial charge < -0.3 is 4.57 Å². The summed E-state index contributed by atoms with van der Waals surface area (Å²) in [5.41, 5.74) is 1.14. The lowest BCUT2D eigenvalue weighted by atomic mass is 10.1. The van der Waals surface area contributed by atoms with Gasteiger partial charge in [0.1, 0.15) is 21.7 Å². The van der Waals surface area contributed by atoms with Gasteiger partial charge in [0.25, 0.3) is 5.91 Å². The Morgan fingerprint density at radius 3 is 2.63 bits per heavy atom. The normalized spacial score (nSPS) is 11.2. The molecule has 0 radical (unpaired) electrons. The van der Waals surface area contributed by atoms with Crippen molar-refractivity contribution in [2.45, 2.75) is 26.8 Å². The van der Waals surface area contributed by atoms with Gasteiger partial charge >= 0.3 is 0 Å². The van der Waals surface area contributed by atoms with E-state index in [4.69, 9.17) is 11.6 Å². The van der Waals surface area contributed by atoms with Crippen molar-refractivity contribution >= 4 is 34.0 Å². The topological polar surface area (TPSA) is 46.9 Å². The molecule has 142 valence electrons. The molecule has 3 aromatic rings. The van der Waals surface area contributed by atoms with Crippen LogP contribution in [-0.2, 0) is 13.0 Å². The third kappa shape index (κ3) is 4.73. The summed E-state index contributed by atoms with van der Waals surface area (Å²) in [7, 11) is 0. The first kappa shape index (κ1) is 19.5. The number of hydrogen-bond donors (Lipinski definition) is 1. The Morgan fingerprint density at radius 1 is 1.33 bits per heavy atom. The summed E-state index contributed by atoms with van der Waals surface area (Å²) in [6, 6.07) is 5.46. The van der Waals surface area contributed by atoms with Crippen molar-refractivity contribution in [2.75, 3.05) is 5.32 Å². The van der Waals surface area contributed by atoms with Gasteiger partial charge in [0.15, 0.2) is 5.13 Å². The number of hydrogen-bond acceptors (Lipinski definition) is 3. The molecule has 1 amide bonds. The molecule has 8 heteroatoms. The second-order valence-electron chi connectivity index (χ2n) is 6.58. The summed E-state index contributed by atoms with van der Waals surface area (Å²) in [6.45, 7) is 4.04. The van der Waals surface area contributed by atoms with E-state index in [1.807, 2.05) is 0 Å². The lowest BCUT2D eigenvalue weighted by molar-refractivity contribution is 0.101. The Kier molecular flexibility index (Phi) is 5.92. The number of nitrogens with one attached hydrogen (secondary N) is 1. The summed E-state index contributed by atoms with van der Waals surface area (Å²) in [6.07, 6.45) is 3.95. The number of rotatable bonds is 6. The Bertz CT molecular complexity index is 948. The molecule has 2 aromatic heterocycles. The first-order chi connectivity index (χ1) is 12.8. The second kappa shape index (κ2) is 8.19. The average molecular weight is 410 g/mol. The fourth-order valence-corrected chi connectivity index (χ4v) is 3.61. The summed E-state index contributed by atoms with van der Waals surface area (Å²) in [5.74, 6) is -1.33. The van der Waals surface area contributed by atoms with Gasteiger partial charge in [-0.25, -0.2) is 13.8 Å². The molecule has 0 saturated heterocycles. The van der Waals surface area contributed by atoms with E-state index in [0.29, 0.717) is 21.1 Å². The quantitative estimate of drug-likeness (QED) is 0.594. The third-order valence-corrected chi connectivity index (χ3v) is 4.95. The number of amides is 1. The number of benzene rings is 1. The Hall–Kier alpha value is -2.25. The van der Waals surface area contributed by atoms with E-state index in [0.717, 1.165) is 23.3 Å². The fourth-order valence-electron chi connectivity index (χ4n) is 2.80. The van der Waals surface area contributed by atoms with Crippen LogP contribution < -0.4 is 5.32 Å². The predicted molar refractivity (Wildman–Crippen MR) is 104 cm³/mol. The van der Waals surface area contributed by atoms with Gasteiger partial charge in [0.2, 0.25) is 0 Å². The van der Waals surface area contributed by atoms with E-state index in [1.165, 1.54) is 24.4 Å². The van der Waals surface area contributed by atoms with Gasteiger partial charge in [0, 0.05) is 11.8 Å². The molecule has 0 aliphatic carbocycles. The smallest absolute Gasteiger partial charge is 0.274 e. The highest BCUT2D eigenvalue weighted by Gasteiger charge is 2.18. The van der Waals surface area contributed by atoms with E-state index >= 15 is 0 Å². The van der Waals surface area contributed by atoms with Crippen molar-refractivity contribution in [2.24, 2.45) is 5.92 Å². The van der Waals surface area contributed by atoms with Gasteiger partial charge in [-0.2, -0.15) is 0 Å². The molecule has 0 unspecified atom stereocenters. The molecule has 3 rings (SSSR count). The molecule has 27 heavy (non-hydrogen) atoms. The molecule has 0 bridgehead atoms. The van der Waals surface area contributed by atoms with E-state index in [9.17, 15) is 13.6 Å². The Labute approximate surface area is 164 Å². The molecule has 4 nitrogen and oxygen atoms in total. The van der Waals surface area contributed by atoms with Crippen molar-refractivity contribution in [3.8, 4) is 0 Å². The maximum atomic E-state index is 14.1. The number of anilines is 1. The van der Waals surface area contributed by atoms with Gasteiger partial charge in [0.05, 0.1) is 12.7 Å². The Morgan fingerprint density at radius 2 is 2.04 bits per heavy atom. The minimum absolute atomic E-state index is 0.0853. The van der Waals surface area contributed by atoms with Crippen LogP contribution >= 0.6 is 22.9 Å². The van der Waals surface area contributed by atoms with Crippen LogP contribution in [0.2, 0.25) is 4.34 Å². The standard InChI is InChI=1S/C19H18ClF2N3OS/c1-11(2)6-12-7-16(18(26)24-19-23-8-17(20)27-19)25(9-12)10-13-14(21)4-3-5-15(13)22/h3-5,7-9,11H,6,10H2,1-2H3,(H,23,24,26). The highest BCUT2D eigenvalue weighted by Crippen LogP contribution is 2.24. The van der Waals surface area contributed by atoms with Crippen LogP contribution in [0, 0.1) is 17.6 Å². The van der Waals surface area contributed by atoms with Crippen LogP contribution in [0.5, 0.6) is 0 Å². The van der Waals surface area contributed by atoms with Gasteiger partial charge in [-0.3, -0.25) is 10.1 Å². The first-order valence-corrected chi connectivity index (χ1v) is 9.57. The number of aromatic nitrogens is 2. The van der Waals surface area contributed by atoms with Crippen LogP contribution in [0.3, 0.4) is 0 Å². The summed E-state index contributed by atoms with van der Waals surface area (Å²) in [4.78, 5) is 16.7. The molecule has 0 fully saturated rings. The van der Waals surface area contributed by atoms with Gasteiger partial charge in [-0.1, -0.05) is 42.9 Å². The summed E-state index contributed by atoms with van der Waals surface area (Å²) in [5, 5.41) is 3.04. The van der Waals surface area contributed by atoms with Crippen molar-refractivity contribution < 1.29 is 13.6 Å². The zero-order valence-corrected chi connectivity index (χ0v) is 16.4. The Balaban J connectivity index is 1.93. The average Bonchev–Trinajstić information content (AvgIpc) is 3.16. The first-order valence-electron chi connectivity index (χ1n) is 8.38. The number of nitrogens with zero attached hydrogens (tertiary/aromatic N) is 2. The van der Waals surface area contributed by atoms with Crippen LogP contribution in [0.25, 0.3) is 0 Å². The van der Waals surface area contributed by atoms with Crippen molar-refractivity contribution in [3.05, 3.63) is 69.5 Å². The third-order valence-electron chi connectivity index (χ3n) is 3.92. The minimum Gasteiger partial charge on any atom is -0.339 e. The van der Waals surface area contributed by atoms with E-state index in [1.54, 1.807) is 16.8 Å². The maximum Gasteiger partial charge on any atom is 0.274 e. The molecular weight excluding hydrogens is 392 g/mol. The van der Waals surface area contributed by atoms with Gasteiger partial charge in [-0.05, 0) is 36.1 Å². The largest absolute Gasteiger partial charge is 0.339 e. The molecule has 2 heterocycles. The molecule has 1 aromatic carbocycles. The fraction of sp³-hybridized carbons (Fsp3) is 0.263. The zero-order valence-electron chi connectivity index (χ0n) is 14.8. The van der Waals surface area contributed by atoms with Crippen molar-refractivity contribution in [3.63, 3.8) is 0 Å². The molecule has 0 spiro atoms. The second-order valence-corrected chi connectivity index (χ2v) is 8.25. The monoisotopic (exact) mass is 409 g/mol. The summed E-state index contributed by atoms with van der Waals surface area (Å²) < 4.78 is 30.1. The number of carbonyl (C=O) groups excluding carboxylic acids is 1. The lowest BCUT2D eigenvalue weighted by Crippen LogP contribution is -2.17. The number of thiazole rings is 1. The minimum atomic E-state index is -0.646. The highest BCUT2D eigenvalue weighted by molar-refractivity contribution is 7.19. The predicted octanol–water partition coefficient (Wildman–Crippen LogP) is 5.38. The maximum absolute atomic E-state index is 14.1. The molecule has 0 aliphatic rings. The molecule has 1 N–H and O–H groups in total. The van der Waals surface area contributed by atoms with E-state index < -0.39 is 17.5 Å². The van der Waals surface area contributed by atoms with E-state index in [-0.39, 0.29) is 12.1 Å². The molecule has 0 aliphatic heterocycles. The molecule has 0 atom stereocenters. The van der Waals surface area contributed by atoms with Crippen LogP contribution in [0.1, 0.15) is 35.5 Å². The number of halogens is 3. The zero-order chi connectivity index (χ0) is 19.6. The van der Waals surface area contributed by atoms with E-state index in [2.05, 4.69) is 24.1 Å². The van der Waals surface area contributed by atoms with Crippen LogP contribution in [0.15, 0.2) is 36.7 Å². The van der Waals surface area contributed by atoms with Crippen LogP contribution in [-0.4, -0.2) is 15.5 Å². The van der Waals surface area contributed by atoms with Crippen LogP contribution in [0.4, 0.5) is 13.9 Å². The lowest BCUT2D eigenvalue weighted by Gasteiger charge is -2.10. The summed E-state index contributed by atoms with van der Waals surface area (Å²) >= 11 is 6.98.